The quantitative estimate of drug-likeness (QED) is 0.748. The number of nitrogens with one attached hydrogen (secondary N) is 1. The van der Waals surface area contributed by atoms with Crippen LogP contribution in [0.25, 0.3) is 0 Å². The van der Waals surface area contributed by atoms with Crippen LogP contribution in [-0.2, 0) is 0 Å². The first-order chi connectivity index (χ1) is 8.95. The van der Waals surface area contributed by atoms with Crippen molar-refractivity contribution in [2.24, 2.45) is 0 Å². The summed E-state index contributed by atoms with van der Waals surface area (Å²) in [7, 11) is 0. The Balaban J connectivity index is 0.000000202. The number of nitrogens with zero attached hydrogens (tertiary/aromatic N) is 3. The number of rotatable bonds is 2. The number of benzene rings is 2. The Morgan fingerprint density at radius 1 is 0.778 bits per heavy atom. The van der Waals surface area contributed by atoms with Gasteiger partial charge in [-0.15, -0.1) is 5.10 Å². The lowest BCUT2D eigenvalue weighted by atomic mass is 10.3. The third kappa shape index (κ3) is 4.05. The topological polar surface area (TPSA) is 63.7 Å². The average molecular weight is 240 g/mol. The van der Waals surface area contributed by atoms with Crippen LogP contribution in [-0.4, -0.2) is 20.6 Å². The highest BCUT2D eigenvalue weighted by Gasteiger charge is 1.92. The summed E-state index contributed by atoms with van der Waals surface area (Å²) >= 11 is 0. The summed E-state index contributed by atoms with van der Waals surface area (Å²) < 4.78 is 5.58. The van der Waals surface area contributed by atoms with Crippen LogP contribution in [0.1, 0.15) is 0 Å². The lowest BCUT2D eigenvalue weighted by Crippen LogP contribution is -1.81. The van der Waals surface area contributed by atoms with E-state index in [2.05, 4.69) is 20.6 Å². The molecule has 5 heteroatoms. The number of aromatic nitrogens is 4. The van der Waals surface area contributed by atoms with Gasteiger partial charge in [0.2, 0.25) is 0 Å². The number of aromatic amines is 1. The van der Waals surface area contributed by atoms with E-state index in [4.69, 9.17) is 4.74 Å². The van der Waals surface area contributed by atoms with Gasteiger partial charge in [0.15, 0.2) is 0 Å². The van der Waals surface area contributed by atoms with Gasteiger partial charge in [-0.05, 0) is 34.7 Å². The van der Waals surface area contributed by atoms with E-state index < -0.39 is 0 Å². The van der Waals surface area contributed by atoms with Crippen molar-refractivity contribution < 1.29 is 4.74 Å². The number of ether oxygens (including phenoxy) is 1. The van der Waals surface area contributed by atoms with Gasteiger partial charge in [-0.25, -0.2) is 5.10 Å². The van der Waals surface area contributed by atoms with E-state index in [1.165, 1.54) is 6.33 Å². The molecule has 0 radical (unpaired) electrons. The predicted molar refractivity (Wildman–Crippen MR) is 67.1 cm³/mol. The zero-order valence-electron chi connectivity index (χ0n) is 9.60. The Morgan fingerprint density at radius 2 is 1.33 bits per heavy atom. The van der Waals surface area contributed by atoms with Gasteiger partial charge in [0, 0.05) is 0 Å². The molecule has 0 aliphatic heterocycles. The van der Waals surface area contributed by atoms with Crippen molar-refractivity contribution in [2.75, 3.05) is 0 Å². The normalized spacial score (nSPS) is 9.11. The molecule has 1 N–H and O–H groups in total. The molecule has 0 saturated heterocycles. The second-order valence-corrected chi connectivity index (χ2v) is 3.29. The highest BCUT2D eigenvalue weighted by atomic mass is 16.5. The molecule has 0 aliphatic carbocycles. The monoisotopic (exact) mass is 240 g/mol. The van der Waals surface area contributed by atoms with Crippen LogP contribution in [0.3, 0.4) is 0 Å². The molecule has 0 saturated carbocycles. The fourth-order valence-corrected chi connectivity index (χ4v) is 1.24. The van der Waals surface area contributed by atoms with E-state index in [0.29, 0.717) is 0 Å². The first-order valence-corrected chi connectivity index (χ1v) is 5.40. The minimum atomic E-state index is 0.869. The SMILES string of the molecule is c1ccc(Oc2ccccc2)cc1.c1nnn[nH]1. The molecular weight excluding hydrogens is 228 g/mol. The molecule has 0 spiro atoms. The zero-order chi connectivity index (χ0) is 12.5. The highest BCUT2D eigenvalue weighted by molar-refractivity contribution is 5.30. The predicted octanol–water partition coefficient (Wildman–Crippen LogP) is 2.68. The maximum Gasteiger partial charge on any atom is 0.135 e. The van der Waals surface area contributed by atoms with Gasteiger partial charge in [-0.3, -0.25) is 0 Å². The summed E-state index contributed by atoms with van der Waals surface area (Å²) in [5.74, 6) is 1.74. The largest absolute Gasteiger partial charge is 0.457 e. The first kappa shape index (κ1) is 11.8. The second kappa shape index (κ2) is 6.80. The van der Waals surface area contributed by atoms with Gasteiger partial charge in [-0.1, -0.05) is 36.4 Å². The van der Waals surface area contributed by atoms with Gasteiger partial charge >= 0.3 is 0 Å². The van der Waals surface area contributed by atoms with Crippen LogP contribution in [0.15, 0.2) is 67.0 Å². The number of tetrazole rings is 1. The van der Waals surface area contributed by atoms with Crippen molar-refractivity contribution in [3.63, 3.8) is 0 Å². The van der Waals surface area contributed by atoms with Gasteiger partial charge in [-0.2, -0.15) is 0 Å². The van der Waals surface area contributed by atoms with E-state index in [-0.39, 0.29) is 0 Å². The average Bonchev–Trinajstić information content (AvgIpc) is 3.00. The molecule has 0 bridgehead atoms. The van der Waals surface area contributed by atoms with E-state index in [1.807, 2.05) is 60.7 Å². The summed E-state index contributed by atoms with van der Waals surface area (Å²) in [4.78, 5) is 0. The molecule has 3 rings (SSSR count). The molecule has 0 atom stereocenters. The molecule has 3 aromatic rings. The fourth-order valence-electron chi connectivity index (χ4n) is 1.24. The molecule has 0 fully saturated rings. The summed E-state index contributed by atoms with van der Waals surface area (Å²) in [6, 6.07) is 19.5. The van der Waals surface area contributed by atoms with Crippen LogP contribution >= 0.6 is 0 Å². The van der Waals surface area contributed by atoms with Crippen molar-refractivity contribution in [2.45, 2.75) is 0 Å². The standard InChI is InChI=1S/C12H10O.CH2N4/c1-3-7-11(8-4-1)13-12-9-5-2-6-10-12;1-2-4-5-3-1/h1-10H;1H,(H,2,3,4,5). The molecule has 0 unspecified atom stereocenters. The third-order valence-corrected chi connectivity index (χ3v) is 1.99. The molecule has 1 aromatic heterocycles. The summed E-state index contributed by atoms with van der Waals surface area (Å²) in [5, 5.41) is 12.1. The molecule has 1 heterocycles. The van der Waals surface area contributed by atoms with Gasteiger partial charge < -0.3 is 4.74 Å². The Bertz CT molecular complexity index is 471. The maximum absolute atomic E-state index is 5.58. The lowest BCUT2D eigenvalue weighted by Gasteiger charge is -2.03. The van der Waals surface area contributed by atoms with Gasteiger partial charge in [0.1, 0.15) is 17.8 Å². The van der Waals surface area contributed by atoms with Crippen molar-refractivity contribution in [3.8, 4) is 11.5 Å². The minimum Gasteiger partial charge on any atom is -0.457 e. The number of hydrogen-bond donors (Lipinski definition) is 1. The minimum absolute atomic E-state index is 0.869. The molecule has 0 amide bonds. The Morgan fingerprint density at radius 3 is 1.67 bits per heavy atom. The van der Waals surface area contributed by atoms with Crippen molar-refractivity contribution >= 4 is 0 Å². The molecular formula is C13H12N4O. The van der Waals surface area contributed by atoms with Crippen LogP contribution in [0.4, 0.5) is 0 Å². The van der Waals surface area contributed by atoms with E-state index in [9.17, 15) is 0 Å². The Kier molecular flexibility index (Phi) is 4.45. The summed E-state index contributed by atoms with van der Waals surface area (Å²) in [5.41, 5.74) is 0. The Hall–Kier alpha value is -2.69. The molecule has 90 valence electrons. The number of para-hydroxylation sites is 2. The maximum atomic E-state index is 5.58. The van der Waals surface area contributed by atoms with Crippen molar-refractivity contribution in [3.05, 3.63) is 67.0 Å². The van der Waals surface area contributed by atoms with E-state index >= 15 is 0 Å². The molecule has 5 nitrogen and oxygen atoms in total. The van der Waals surface area contributed by atoms with Gasteiger partial charge in [0.25, 0.3) is 0 Å². The highest BCUT2D eigenvalue weighted by Crippen LogP contribution is 2.19. The Labute approximate surface area is 104 Å². The van der Waals surface area contributed by atoms with Crippen LogP contribution in [0.2, 0.25) is 0 Å². The second-order valence-electron chi connectivity index (χ2n) is 3.29. The fraction of sp³-hybridized carbons (Fsp3) is 0. The third-order valence-electron chi connectivity index (χ3n) is 1.99. The molecule has 0 aliphatic rings. The van der Waals surface area contributed by atoms with Crippen LogP contribution in [0, 0.1) is 0 Å². The van der Waals surface area contributed by atoms with Crippen molar-refractivity contribution in [1.82, 2.24) is 20.6 Å². The van der Waals surface area contributed by atoms with Crippen LogP contribution in [0.5, 0.6) is 11.5 Å². The van der Waals surface area contributed by atoms with Crippen molar-refractivity contribution in [1.29, 1.82) is 0 Å². The first-order valence-electron chi connectivity index (χ1n) is 5.40. The number of hydrogen-bond acceptors (Lipinski definition) is 4. The molecule has 2 aromatic carbocycles. The lowest BCUT2D eigenvalue weighted by molar-refractivity contribution is 0.482. The van der Waals surface area contributed by atoms with E-state index in [0.717, 1.165) is 11.5 Å². The molecule has 18 heavy (non-hydrogen) atoms. The zero-order valence-corrected chi connectivity index (χ0v) is 9.60. The van der Waals surface area contributed by atoms with Crippen LogP contribution < -0.4 is 4.74 Å². The van der Waals surface area contributed by atoms with E-state index in [1.54, 1.807) is 0 Å². The summed E-state index contributed by atoms with van der Waals surface area (Å²) in [6.45, 7) is 0. The number of H-pyrrole nitrogens is 1. The van der Waals surface area contributed by atoms with Gasteiger partial charge in [0.05, 0.1) is 0 Å². The summed E-state index contributed by atoms with van der Waals surface area (Å²) in [6.07, 6.45) is 1.40. The smallest absolute Gasteiger partial charge is 0.135 e.